The lowest BCUT2D eigenvalue weighted by molar-refractivity contribution is 0.251. The predicted octanol–water partition coefficient (Wildman–Crippen LogP) is 1.74. The fraction of sp³-hybridized carbons (Fsp3) is 0.625. The largest absolute Gasteiger partial charge is 0.493 e. The Kier molecular flexibility index (Phi) is 5.01. The van der Waals surface area contributed by atoms with Crippen molar-refractivity contribution in [3.8, 4) is 5.75 Å². The molecular weight excluding hydrogens is 286 g/mol. The van der Waals surface area contributed by atoms with Crippen molar-refractivity contribution in [1.82, 2.24) is 9.80 Å². The highest BCUT2D eigenvalue weighted by atomic mass is 35.5. The standard InChI is InChI=1S/C16H24ClN3O/c17-15-10-13-2-9-21-16(13)14(11-15)12-20-5-1-4-19(6-3-18)7-8-20/h10-11H,1-9,12,18H2. The van der Waals surface area contributed by atoms with Gasteiger partial charge >= 0.3 is 0 Å². The molecule has 1 aromatic rings. The lowest BCUT2D eigenvalue weighted by Gasteiger charge is -2.22. The highest BCUT2D eigenvalue weighted by Gasteiger charge is 2.20. The van der Waals surface area contributed by atoms with Crippen molar-refractivity contribution in [2.75, 3.05) is 45.9 Å². The van der Waals surface area contributed by atoms with Crippen LogP contribution >= 0.6 is 11.6 Å². The van der Waals surface area contributed by atoms with Crippen LogP contribution < -0.4 is 10.5 Å². The van der Waals surface area contributed by atoms with Crippen molar-refractivity contribution < 1.29 is 4.74 Å². The summed E-state index contributed by atoms with van der Waals surface area (Å²) in [6.07, 6.45) is 2.18. The second-order valence-corrected chi connectivity index (χ2v) is 6.35. The summed E-state index contributed by atoms with van der Waals surface area (Å²) in [4.78, 5) is 4.96. The van der Waals surface area contributed by atoms with Crippen LogP contribution in [0.15, 0.2) is 12.1 Å². The number of nitrogens with two attached hydrogens (primary N) is 1. The summed E-state index contributed by atoms with van der Waals surface area (Å²) in [6.45, 7) is 7.92. The zero-order valence-corrected chi connectivity index (χ0v) is 13.2. The van der Waals surface area contributed by atoms with Gasteiger partial charge in [0, 0.05) is 49.7 Å². The smallest absolute Gasteiger partial charge is 0.127 e. The minimum atomic E-state index is 0.746. The minimum absolute atomic E-state index is 0.746. The van der Waals surface area contributed by atoms with Gasteiger partial charge in [0.25, 0.3) is 0 Å². The average Bonchev–Trinajstić information content (AvgIpc) is 2.81. The van der Waals surface area contributed by atoms with Crippen molar-refractivity contribution in [3.63, 3.8) is 0 Å². The van der Waals surface area contributed by atoms with Crippen LogP contribution in [0.25, 0.3) is 0 Å². The second kappa shape index (κ2) is 6.97. The lowest BCUT2D eigenvalue weighted by Crippen LogP contribution is -2.33. The van der Waals surface area contributed by atoms with Crippen LogP contribution in [-0.2, 0) is 13.0 Å². The van der Waals surface area contributed by atoms with Gasteiger partial charge < -0.3 is 15.4 Å². The Morgan fingerprint density at radius 1 is 1.14 bits per heavy atom. The van der Waals surface area contributed by atoms with E-state index in [-0.39, 0.29) is 0 Å². The number of benzene rings is 1. The van der Waals surface area contributed by atoms with Crippen molar-refractivity contribution in [2.24, 2.45) is 5.73 Å². The molecule has 3 rings (SSSR count). The average molecular weight is 310 g/mol. The lowest BCUT2D eigenvalue weighted by atomic mass is 10.1. The first-order chi connectivity index (χ1) is 10.3. The maximum Gasteiger partial charge on any atom is 0.127 e. The van der Waals surface area contributed by atoms with Gasteiger partial charge in [-0.25, -0.2) is 0 Å². The molecule has 0 radical (unpaired) electrons. The zero-order valence-electron chi connectivity index (χ0n) is 12.5. The quantitative estimate of drug-likeness (QED) is 0.920. The number of nitrogens with zero attached hydrogens (tertiary/aromatic N) is 2. The number of fused-ring (bicyclic) bond motifs is 1. The Morgan fingerprint density at radius 3 is 2.81 bits per heavy atom. The van der Waals surface area contributed by atoms with E-state index in [1.54, 1.807) is 0 Å². The van der Waals surface area contributed by atoms with Crippen molar-refractivity contribution >= 4 is 11.6 Å². The number of hydrogen-bond acceptors (Lipinski definition) is 4. The summed E-state index contributed by atoms with van der Waals surface area (Å²) in [5.41, 5.74) is 8.16. The number of rotatable bonds is 4. The normalized spacial score (nSPS) is 20.1. The van der Waals surface area contributed by atoms with Gasteiger partial charge in [-0.3, -0.25) is 4.90 Å². The maximum atomic E-state index is 6.25. The number of ether oxygens (including phenoxy) is 1. The van der Waals surface area contributed by atoms with E-state index in [0.717, 1.165) is 69.6 Å². The van der Waals surface area contributed by atoms with Crippen molar-refractivity contribution in [1.29, 1.82) is 0 Å². The van der Waals surface area contributed by atoms with Gasteiger partial charge in [-0.1, -0.05) is 11.6 Å². The van der Waals surface area contributed by atoms with E-state index >= 15 is 0 Å². The molecule has 0 atom stereocenters. The Balaban J connectivity index is 1.67. The van der Waals surface area contributed by atoms with Gasteiger partial charge in [-0.15, -0.1) is 0 Å². The third-order valence-corrected chi connectivity index (χ3v) is 4.56. The van der Waals surface area contributed by atoms with Gasteiger partial charge in [0.05, 0.1) is 6.61 Å². The molecule has 0 saturated carbocycles. The first kappa shape index (κ1) is 15.1. The van der Waals surface area contributed by atoms with E-state index in [1.165, 1.54) is 17.5 Å². The molecule has 0 spiro atoms. The van der Waals surface area contributed by atoms with Crippen LogP contribution in [-0.4, -0.2) is 55.7 Å². The van der Waals surface area contributed by atoms with E-state index < -0.39 is 0 Å². The molecule has 2 N–H and O–H groups in total. The van der Waals surface area contributed by atoms with Crippen LogP contribution in [0, 0.1) is 0 Å². The molecule has 2 aliphatic rings. The van der Waals surface area contributed by atoms with E-state index in [0.29, 0.717) is 0 Å². The van der Waals surface area contributed by atoms with Crippen molar-refractivity contribution in [2.45, 2.75) is 19.4 Å². The highest BCUT2D eigenvalue weighted by Crippen LogP contribution is 2.33. The molecule has 0 aromatic heterocycles. The molecule has 116 valence electrons. The molecule has 5 heteroatoms. The molecule has 21 heavy (non-hydrogen) atoms. The molecular formula is C16H24ClN3O. The van der Waals surface area contributed by atoms with E-state index in [1.807, 2.05) is 6.07 Å². The van der Waals surface area contributed by atoms with Gasteiger partial charge in [-0.2, -0.15) is 0 Å². The Morgan fingerprint density at radius 2 is 1.95 bits per heavy atom. The SMILES string of the molecule is NCCN1CCCN(Cc2cc(Cl)cc3c2OCC3)CC1. The molecule has 0 unspecified atom stereocenters. The first-order valence-corrected chi connectivity index (χ1v) is 8.23. The van der Waals surface area contributed by atoms with Crippen molar-refractivity contribution in [3.05, 3.63) is 28.3 Å². The number of halogens is 1. The van der Waals surface area contributed by atoms with E-state index in [4.69, 9.17) is 22.1 Å². The maximum absolute atomic E-state index is 6.25. The Bertz CT molecular complexity index is 495. The molecule has 0 amide bonds. The van der Waals surface area contributed by atoms with Crippen LogP contribution in [0.3, 0.4) is 0 Å². The second-order valence-electron chi connectivity index (χ2n) is 5.91. The summed E-state index contributed by atoms with van der Waals surface area (Å²) in [5.74, 6) is 1.07. The topological polar surface area (TPSA) is 41.7 Å². The molecule has 0 aliphatic carbocycles. The molecule has 1 fully saturated rings. The van der Waals surface area contributed by atoms with Crippen LogP contribution in [0.4, 0.5) is 0 Å². The fourth-order valence-electron chi connectivity index (χ4n) is 3.29. The minimum Gasteiger partial charge on any atom is -0.493 e. The van der Waals surface area contributed by atoms with E-state index in [9.17, 15) is 0 Å². The molecule has 4 nitrogen and oxygen atoms in total. The van der Waals surface area contributed by atoms with Crippen LogP contribution in [0.2, 0.25) is 5.02 Å². The summed E-state index contributed by atoms with van der Waals surface area (Å²) in [6, 6.07) is 4.10. The zero-order chi connectivity index (χ0) is 14.7. The third kappa shape index (κ3) is 3.69. The summed E-state index contributed by atoms with van der Waals surface area (Å²) >= 11 is 6.25. The Labute approximate surface area is 131 Å². The summed E-state index contributed by atoms with van der Waals surface area (Å²) in [7, 11) is 0. The molecule has 2 aliphatic heterocycles. The van der Waals surface area contributed by atoms with Gasteiger partial charge in [-0.05, 0) is 37.2 Å². The Hall–Kier alpha value is -0.810. The fourth-order valence-corrected chi connectivity index (χ4v) is 3.56. The summed E-state index contributed by atoms with van der Waals surface area (Å²) in [5, 5.41) is 0.828. The summed E-state index contributed by atoms with van der Waals surface area (Å²) < 4.78 is 5.80. The van der Waals surface area contributed by atoms with Crippen LogP contribution in [0.5, 0.6) is 5.75 Å². The highest BCUT2D eigenvalue weighted by molar-refractivity contribution is 6.30. The van der Waals surface area contributed by atoms with Crippen LogP contribution in [0.1, 0.15) is 17.5 Å². The monoisotopic (exact) mass is 309 g/mol. The number of hydrogen-bond donors (Lipinski definition) is 1. The first-order valence-electron chi connectivity index (χ1n) is 7.85. The van der Waals surface area contributed by atoms with Gasteiger partial charge in [0.2, 0.25) is 0 Å². The third-order valence-electron chi connectivity index (χ3n) is 4.35. The molecule has 2 heterocycles. The molecule has 0 bridgehead atoms. The molecule has 1 saturated heterocycles. The molecule has 1 aromatic carbocycles. The van der Waals surface area contributed by atoms with Gasteiger partial charge in [0.15, 0.2) is 0 Å². The van der Waals surface area contributed by atoms with Gasteiger partial charge in [0.1, 0.15) is 5.75 Å². The van der Waals surface area contributed by atoms with E-state index in [2.05, 4.69) is 15.9 Å². The predicted molar refractivity (Wildman–Crippen MR) is 86.0 cm³/mol.